The van der Waals surface area contributed by atoms with Gasteiger partial charge in [0.05, 0.1) is 16.7 Å². The second kappa shape index (κ2) is 12.1. The molecule has 1 aromatic heterocycles. The summed E-state index contributed by atoms with van der Waals surface area (Å²) in [6.07, 6.45) is 2.87. The van der Waals surface area contributed by atoms with Crippen molar-refractivity contribution < 1.29 is 19.1 Å². The lowest BCUT2D eigenvalue weighted by molar-refractivity contribution is 0.0158. The molecule has 2 fully saturated rings. The van der Waals surface area contributed by atoms with Crippen LogP contribution in [0.5, 0.6) is 5.75 Å². The van der Waals surface area contributed by atoms with E-state index in [1.165, 1.54) is 0 Å². The van der Waals surface area contributed by atoms with Gasteiger partial charge in [0.15, 0.2) is 11.5 Å². The molecule has 0 bridgehead atoms. The molecule has 4 rings (SSSR count). The quantitative estimate of drug-likeness (QED) is 0.570. The summed E-state index contributed by atoms with van der Waals surface area (Å²) in [5.41, 5.74) is 0.149. The van der Waals surface area contributed by atoms with Gasteiger partial charge in [-0.15, -0.1) is 10.2 Å². The number of hydrogen-bond donors (Lipinski definition) is 1. The molecule has 1 saturated carbocycles. The van der Waals surface area contributed by atoms with Crippen LogP contribution in [0.3, 0.4) is 0 Å². The number of nitrogens with one attached hydrogen (secondary N) is 1. The average Bonchev–Trinajstić information content (AvgIpc) is 2.89. The summed E-state index contributed by atoms with van der Waals surface area (Å²) in [5.74, 6) is 1.06. The summed E-state index contributed by atoms with van der Waals surface area (Å²) in [7, 11) is 0. The van der Waals surface area contributed by atoms with Crippen LogP contribution in [0.1, 0.15) is 69.4 Å². The zero-order chi connectivity index (χ0) is 28.2. The number of aromatic nitrogens is 2. The number of halogens is 1. The minimum absolute atomic E-state index is 0.0272. The number of carbonyl (C=O) groups is 2. The van der Waals surface area contributed by atoms with Crippen LogP contribution in [0.2, 0.25) is 5.02 Å². The molecule has 11 heteroatoms. The molecule has 1 N–H and O–H groups in total. The van der Waals surface area contributed by atoms with E-state index in [1.54, 1.807) is 35.2 Å². The van der Waals surface area contributed by atoms with Crippen LogP contribution < -0.4 is 15.0 Å². The fourth-order valence-corrected chi connectivity index (χ4v) is 5.02. The third-order valence-electron chi connectivity index (χ3n) is 6.84. The van der Waals surface area contributed by atoms with Gasteiger partial charge in [-0.1, -0.05) is 11.6 Å². The Morgan fingerprint density at radius 3 is 2.44 bits per heavy atom. The lowest BCUT2D eigenvalue weighted by Crippen LogP contribution is -2.55. The van der Waals surface area contributed by atoms with E-state index in [-0.39, 0.29) is 35.9 Å². The van der Waals surface area contributed by atoms with Crippen molar-refractivity contribution in [3.8, 4) is 11.8 Å². The Labute approximate surface area is 234 Å². The lowest BCUT2D eigenvalue weighted by Gasteiger charge is -2.40. The second-order valence-corrected chi connectivity index (χ2v) is 11.5. The van der Waals surface area contributed by atoms with E-state index >= 15 is 0 Å². The summed E-state index contributed by atoms with van der Waals surface area (Å²) in [6, 6.07) is 10.6. The number of rotatable bonds is 5. The highest BCUT2D eigenvalue weighted by Gasteiger charge is 2.31. The first kappa shape index (κ1) is 28.4. The van der Waals surface area contributed by atoms with Crippen LogP contribution >= 0.6 is 11.6 Å². The Morgan fingerprint density at radius 1 is 1.10 bits per heavy atom. The highest BCUT2D eigenvalue weighted by Crippen LogP contribution is 2.27. The van der Waals surface area contributed by atoms with E-state index in [9.17, 15) is 9.59 Å². The van der Waals surface area contributed by atoms with Gasteiger partial charge in [0, 0.05) is 37.8 Å². The summed E-state index contributed by atoms with van der Waals surface area (Å²) < 4.78 is 11.5. The first-order valence-electron chi connectivity index (χ1n) is 13.3. The van der Waals surface area contributed by atoms with Gasteiger partial charge in [-0.05, 0) is 77.6 Å². The highest BCUT2D eigenvalue weighted by atomic mass is 35.5. The van der Waals surface area contributed by atoms with Crippen molar-refractivity contribution in [2.45, 2.75) is 77.2 Å². The predicted molar refractivity (Wildman–Crippen MR) is 147 cm³/mol. The van der Waals surface area contributed by atoms with Crippen molar-refractivity contribution in [2.75, 3.05) is 24.5 Å². The third-order valence-corrected chi connectivity index (χ3v) is 7.15. The molecule has 10 nitrogen and oxygen atoms in total. The molecule has 1 aromatic carbocycles. The number of hydrogen-bond acceptors (Lipinski definition) is 8. The van der Waals surface area contributed by atoms with Crippen molar-refractivity contribution in [3.63, 3.8) is 0 Å². The molecule has 1 aliphatic heterocycles. The van der Waals surface area contributed by atoms with Crippen molar-refractivity contribution >= 4 is 29.4 Å². The number of amides is 2. The monoisotopic (exact) mass is 554 g/mol. The summed E-state index contributed by atoms with van der Waals surface area (Å²) >= 11 is 6.10. The molecule has 39 heavy (non-hydrogen) atoms. The Hall–Kier alpha value is -3.58. The van der Waals surface area contributed by atoms with E-state index in [0.717, 1.165) is 25.7 Å². The lowest BCUT2D eigenvalue weighted by atomic mass is 9.93. The van der Waals surface area contributed by atoms with Gasteiger partial charge in [0.25, 0.3) is 5.91 Å². The molecular formula is C28H35ClN6O4. The average molecular weight is 555 g/mol. The van der Waals surface area contributed by atoms with Crippen molar-refractivity contribution in [1.29, 1.82) is 5.26 Å². The van der Waals surface area contributed by atoms with Gasteiger partial charge in [0.1, 0.15) is 17.4 Å². The Morgan fingerprint density at radius 2 is 1.85 bits per heavy atom. The van der Waals surface area contributed by atoms with E-state index in [1.807, 2.05) is 33.8 Å². The molecular weight excluding hydrogens is 520 g/mol. The number of benzene rings is 1. The normalized spacial score (nSPS) is 21.6. The third kappa shape index (κ3) is 7.51. The second-order valence-electron chi connectivity index (χ2n) is 11.1. The predicted octanol–water partition coefficient (Wildman–Crippen LogP) is 4.57. The van der Waals surface area contributed by atoms with Crippen LogP contribution in [0, 0.1) is 11.3 Å². The number of nitriles is 1. The van der Waals surface area contributed by atoms with Gasteiger partial charge < -0.3 is 24.6 Å². The van der Waals surface area contributed by atoms with Gasteiger partial charge in [-0.3, -0.25) is 4.79 Å². The first-order chi connectivity index (χ1) is 18.5. The number of anilines is 1. The molecule has 208 valence electrons. The van der Waals surface area contributed by atoms with E-state index in [0.29, 0.717) is 41.8 Å². The van der Waals surface area contributed by atoms with Crippen molar-refractivity contribution in [1.82, 2.24) is 20.4 Å². The first-order valence-corrected chi connectivity index (χ1v) is 13.7. The van der Waals surface area contributed by atoms with Crippen LogP contribution in [0.15, 0.2) is 30.3 Å². The molecule has 2 heterocycles. The number of nitrogens with zero attached hydrogens (tertiary/aromatic N) is 5. The van der Waals surface area contributed by atoms with Crippen LogP contribution in [0.25, 0.3) is 0 Å². The molecule has 2 amide bonds. The van der Waals surface area contributed by atoms with Gasteiger partial charge in [-0.25, -0.2) is 4.79 Å². The Bertz CT molecular complexity index is 1220. The van der Waals surface area contributed by atoms with Crippen LogP contribution in [-0.2, 0) is 4.74 Å². The zero-order valence-corrected chi connectivity index (χ0v) is 23.6. The van der Waals surface area contributed by atoms with Gasteiger partial charge in [-0.2, -0.15) is 5.26 Å². The Balaban J connectivity index is 1.24. The maximum atomic E-state index is 12.8. The maximum absolute atomic E-state index is 12.8. The van der Waals surface area contributed by atoms with E-state index in [4.69, 9.17) is 26.3 Å². The number of carbonyl (C=O) groups excluding carboxylic acids is 2. The SMILES string of the molecule is C[C@H]1CN(c2ccc(C(=O)N[C@H]3CC[C@H](Oc4ccc(C#N)c(Cl)c4)CC3)nn2)CCN1C(=O)OC(C)(C)C. The standard InChI is InChI=1S/C28H35ClN6O4/c1-18-17-34(13-14-35(18)27(37)39-28(2,3)4)25-12-11-24(32-33-25)26(36)31-20-6-9-21(10-7-20)38-22-8-5-19(16-30)23(29)15-22/h5,8,11-12,15,18,20-21H,6-7,9-10,13-14,17H2,1-4H3,(H,31,36)/t18-,20-,21-/m0/s1. The number of piperazine rings is 1. The largest absolute Gasteiger partial charge is 0.490 e. The molecule has 1 aliphatic carbocycles. The smallest absolute Gasteiger partial charge is 0.410 e. The minimum Gasteiger partial charge on any atom is -0.490 e. The van der Waals surface area contributed by atoms with Crippen molar-refractivity contribution in [2.24, 2.45) is 0 Å². The summed E-state index contributed by atoms with van der Waals surface area (Å²) in [5, 5.41) is 20.9. The molecule has 0 unspecified atom stereocenters. The molecule has 2 aliphatic rings. The summed E-state index contributed by atoms with van der Waals surface area (Å²) in [6.45, 7) is 9.26. The topological polar surface area (TPSA) is 121 Å². The minimum atomic E-state index is -0.538. The van der Waals surface area contributed by atoms with Gasteiger partial charge >= 0.3 is 6.09 Å². The van der Waals surface area contributed by atoms with E-state index in [2.05, 4.69) is 20.4 Å². The van der Waals surface area contributed by atoms with Crippen LogP contribution in [0.4, 0.5) is 10.6 Å². The molecule has 2 aromatic rings. The molecule has 1 atom stereocenters. The van der Waals surface area contributed by atoms with Gasteiger partial charge in [0.2, 0.25) is 0 Å². The fourth-order valence-electron chi connectivity index (χ4n) is 4.81. The Kier molecular flexibility index (Phi) is 8.80. The molecule has 1 saturated heterocycles. The maximum Gasteiger partial charge on any atom is 0.410 e. The van der Waals surface area contributed by atoms with E-state index < -0.39 is 5.60 Å². The molecule has 0 radical (unpaired) electrons. The number of ether oxygens (including phenoxy) is 2. The van der Waals surface area contributed by atoms with Crippen LogP contribution in [-0.4, -0.2) is 70.5 Å². The fraction of sp³-hybridized carbons (Fsp3) is 0.536. The zero-order valence-electron chi connectivity index (χ0n) is 22.8. The summed E-state index contributed by atoms with van der Waals surface area (Å²) in [4.78, 5) is 29.1. The highest BCUT2D eigenvalue weighted by molar-refractivity contribution is 6.31. The van der Waals surface area contributed by atoms with Crippen molar-refractivity contribution in [3.05, 3.63) is 46.6 Å². The molecule has 0 spiro atoms.